The summed E-state index contributed by atoms with van der Waals surface area (Å²) in [5.41, 5.74) is 11.4. The van der Waals surface area contributed by atoms with Crippen LogP contribution < -0.4 is 10.6 Å². The molecule has 2 aromatic rings. The Hall–Kier alpha value is -1.87. The molecule has 0 spiro atoms. The van der Waals surface area contributed by atoms with Crippen LogP contribution in [0.1, 0.15) is 23.6 Å². The molecule has 0 fully saturated rings. The molecule has 0 heterocycles. The Balaban J connectivity index is 2.51. The first-order valence-corrected chi connectivity index (χ1v) is 7.18. The van der Waals surface area contributed by atoms with Crippen molar-refractivity contribution in [3.63, 3.8) is 0 Å². The van der Waals surface area contributed by atoms with E-state index in [4.69, 9.17) is 18.0 Å². The Kier molecular flexibility index (Phi) is 4.40. The predicted molar refractivity (Wildman–Crippen MR) is 90.9 cm³/mol. The highest BCUT2D eigenvalue weighted by atomic mass is 32.1. The number of hydrogen-bond acceptors (Lipinski definition) is 2. The smallest absolute Gasteiger partial charge is 0.106 e. The van der Waals surface area contributed by atoms with Gasteiger partial charge in [-0.1, -0.05) is 41.5 Å². The maximum Gasteiger partial charge on any atom is 0.106 e. The van der Waals surface area contributed by atoms with Gasteiger partial charge in [0, 0.05) is 17.8 Å². The Bertz CT molecular complexity index is 617. The van der Waals surface area contributed by atoms with E-state index in [1.807, 2.05) is 6.92 Å². The fourth-order valence-corrected chi connectivity index (χ4v) is 2.46. The lowest BCUT2D eigenvalue weighted by molar-refractivity contribution is 1.02. The first-order chi connectivity index (χ1) is 9.52. The van der Waals surface area contributed by atoms with Crippen LogP contribution in [0.25, 0.3) is 0 Å². The summed E-state index contributed by atoms with van der Waals surface area (Å²) in [4.78, 5) is 2.67. The molecule has 2 nitrogen and oxygen atoms in total. The molecule has 0 saturated carbocycles. The van der Waals surface area contributed by atoms with Crippen molar-refractivity contribution < 1.29 is 0 Å². The van der Waals surface area contributed by atoms with Crippen molar-refractivity contribution in [2.45, 2.75) is 20.8 Å². The highest BCUT2D eigenvalue weighted by Gasteiger charge is 2.13. The molecule has 0 atom stereocenters. The van der Waals surface area contributed by atoms with Crippen LogP contribution in [0.2, 0.25) is 0 Å². The summed E-state index contributed by atoms with van der Waals surface area (Å²) in [5.74, 6) is 0. The molecular formula is C17H20N2S. The summed E-state index contributed by atoms with van der Waals surface area (Å²) in [6.07, 6.45) is 0. The minimum absolute atomic E-state index is 0.439. The Morgan fingerprint density at radius 1 is 1.05 bits per heavy atom. The van der Waals surface area contributed by atoms with Crippen LogP contribution in [0.4, 0.5) is 11.4 Å². The van der Waals surface area contributed by atoms with E-state index in [2.05, 4.69) is 61.2 Å². The quantitative estimate of drug-likeness (QED) is 0.857. The van der Waals surface area contributed by atoms with E-state index in [0.29, 0.717) is 4.99 Å². The fraction of sp³-hybridized carbons (Fsp3) is 0.235. The second-order valence-corrected chi connectivity index (χ2v) is 5.40. The molecule has 0 bridgehead atoms. The van der Waals surface area contributed by atoms with Gasteiger partial charge in [0.2, 0.25) is 0 Å². The molecule has 0 unspecified atom stereocenters. The zero-order valence-electron chi connectivity index (χ0n) is 12.2. The molecule has 2 rings (SSSR count). The lowest BCUT2D eigenvalue weighted by Crippen LogP contribution is -2.21. The number of benzene rings is 2. The molecular weight excluding hydrogens is 264 g/mol. The van der Waals surface area contributed by atoms with Gasteiger partial charge < -0.3 is 10.6 Å². The first kappa shape index (κ1) is 14.5. The maximum absolute atomic E-state index is 5.88. The largest absolute Gasteiger partial charge is 0.389 e. The number of hydrogen-bond donors (Lipinski definition) is 1. The highest BCUT2D eigenvalue weighted by molar-refractivity contribution is 7.80. The zero-order valence-corrected chi connectivity index (χ0v) is 13.0. The SMILES string of the molecule is CCN(c1ccc(C)cc1)c1ccc(C)cc1C(N)=S. The predicted octanol–water partition coefficient (Wildman–Crippen LogP) is 4.10. The maximum atomic E-state index is 5.88. The lowest BCUT2D eigenvalue weighted by Gasteiger charge is -2.26. The van der Waals surface area contributed by atoms with E-state index in [1.165, 1.54) is 5.56 Å². The van der Waals surface area contributed by atoms with Crippen LogP contribution in [-0.4, -0.2) is 11.5 Å². The van der Waals surface area contributed by atoms with Gasteiger partial charge in [0.25, 0.3) is 0 Å². The number of aryl methyl sites for hydroxylation is 2. The summed E-state index contributed by atoms with van der Waals surface area (Å²) >= 11 is 5.20. The van der Waals surface area contributed by atoms with Crippen molar-refractivity contribution >= 4 is 28.6 Å². The molecule has 3 heteroatoms. The number of anilines is 2. The van der Waals surface area contributed by atoms with Crippen molar-refractivity contribution in [3.8, 4) is 0 Å². The fourth-order valence-electron chi connectivity index (χ4n) is 2.30. The average Bonchev–Trinajstić information content (AvgIpc) is 2.43. The van der Waals surface area contributed by atoms with Crippen molar-refractivity contribution in [1.29, 1.82) is 0 Å². The van der Waals surface area contributed by atoms with Crippen LogP contribution >= 0.6 is 12.2 Å². The van der Waals surface area contributed by atoms with Gasteiger partial charge in [0.1, 0.15) is 4.99 Å². The molecule has 0 amide bonds. The van der Waals surface area contributed by atoms with Crippen LogP contribution in [0, 0.1) is 13.8 Å². The van der Waals surface area contributed by atoms with Gasteiger partial charge in [0.05, 0.1) is 5.69 Å². The van der Waals surface area contributed by atoms with Gasteiger partial charge in [-0.3, -0.25) is 0 Å². The third-order valence-electron chi connectivity index (χ3n) is 3.37. The van der Waals surface area contributed by atoms with E-state index in [0.717, 1.165) is 29.0 Å². The molecule has 0 aromatic heterocycles. The number of thiocarbonyl (C=S) groups is 1. The molecule has 0 aliphatic heterocycles. The van der Waals surface area contributed by atoms with Gasteiger partial charge >= 0.3 is 0 Å². The van der Waals surface area contributed by atoms with E-state index in [9.17, 15) is 0 Å². The Labute approximate surface area is 126 Å². The number of nitrogens with two attached hydrogens (primary N) is 1. The van der Waals surface area contributed by atoms with Crippen LogP contribution in [0.3, 0.4) is 0 Å². The van der Waals surface area contributed by atoms with Gasteiger partial charge in [-0.25, -0.2) is 0 Å². The minimum Gasteiger partial charge on any atom is -0.389 e. The first-order valence-electron chi connectivity index (χ1n) is 6.77. The summed E-state index contributed by atoms with van der Waals surface area (Å²) in [7, 11) is 0. The van der Waals surface area contributed by atoms with Crippen molar-refractivity contribution in [3.05, 3.63) is 59.2 Å². The summed E-state index contributed by atoms with van der Waals surface area (Å²) in [6, 6.07) is 14.7. The number of nitrogens with zero attached hydrogens (tertiary/aromatic N) is 1. The van der Waals surface area contributed by atoms with E-state index >= 15 is 0 Å². The topological polar surface area (TPSA) is 29.3 Å². The summed E-state index contributed by atoms with van der Waals surface area (Å²) in [6.45, 7) is 7.13. The lowest BCUT2D eigenvalue weighted by atomic mass is 10.1. The van der Waals surface area contributed by atoms with Crippen LogP contribution in [0.5, 0.6) is 0 Å². The van der Waals surface area contributed by atoms with Gasteiger partial charge in [-0.05, 0) is 45.0 Å². The van der Waals surface area contributed by atoms with Crippen LogP contribution in [0.15, 0.2) is 42.5 Å². The molecule has 0 aliphatic carbocycles. The van der Waals surface area contributed by atoms with Crippen molar-refractivity contribution in [1.82, 2.24) is 0 Å². The third kappa shape index (κ3) is 2.99. The number of rotatable bonds is 4. The normalized spacial score (nSPS) is 10.3. The van der Waals surface area contributed by atoms with Crippen LogP contribution in [-0.2, 0) is 0 Å². The van der Waals surface area contributed by atoms with E-state index in [-0.39, 0.29) is 0 Å². The monoisotopic (exact) mass is 284 g/mol. The Morgan fingerprint density at radius 3 is 2.20 bits per heavy atom. The third-order valence-corrected chi connectivity index (χ3v) is 3.59. The van der Waals surface area contributed by atoms with Gasteiger partial charge in [-0.15, -0.1) is 0 Å². The Morgan fingerprint density at radius 2 is 1.65 bits per heavy atom. The molecule has 2 N–H and O–H groups in total. The van der Waals surface area contributed by atoms with Gasteiger partial charge in [0.15, 0.2) is 0 Å². The molecule has 0 aliphatic rings. The van der Waals surface area contributed by atoms with Crippen molar-refractivity contribution in [2.75, 3.05) is 11.4 Å². The zero-order chi connectivity index (χ0) is 14.7. The molecule has 20 heavy (non-hydrogen) atoms. The minimum atomic E-state index is 0.439. The second kappa shape index (κ2) is 6.06. The average molecular weight is 284 g/mol. The molecule has 2 aromatic carbocycles. The van der Waals surface area contributed by atoms with Gasteiger partial charge in [-0.2, -0.15) is 0 Å². The standard InChI is InChI=1S/C17H20N2S/c1-4-19(14-8-5-12(2)6-9-14)16-10-7-13(3)11-15(16)17(18)20/h5-11H,4H2,1-3H3,(H2,18,20). The summed E-state index contributed by atoms with van der Waals surface area (Å²) in [5, 5.41) is 0. The summed E-state index contributed by atoms with van der Waals surface area (Å²) < 4.78 is 0. The highest BCUT2D eigenvalue weighted by Crippen LogP contribution is 2.29. The molecule has 0 saturated heterocycles. The van der Waals surface area contributed by atoms with Crippen molar-refractivity contribution in [2.24, 2.45) is 5.73 Å². The van der Waals surface area contributed by atoms with E-state index < -0.39 is 0 Å². The second-order valence-electron chi connectivity index (χ2n) is 4.96. The van der Waals surface area contributed by atoms with E-state index in [1.54, 1.807) is 0 Å². The molecule has 0 radical (unpaired) electrons. The molecule has 104 valence electrons.